The second-order valence-electron chi connectivity index (χ2n) is 10.7. The van der Waals surface area contributed by atoms with Gasteiger partial charge in [-0.2, -0.15) is 0 Å². The smallest absolute Gasteiger partial charge is 0.302 e. The van der Waals surface area contributed by atoms with Gasteiger partial charge in [-0.1, -0.05) is 29.8 Å². The van der Waals surface area contributed by atoms with Crippen LogP contribution in [0.5, 0.6) is 0 Å². The molecule has 0 radical (unpaired) electrons. The lowest BCUT2D eigenvalue weighted by molar-refractivity contribution is -0.245. The van der Waals surface area contributed by atoms with Crippen LogP contribution >= 0.6 is 15.9 Å². The van der Waals surface area contributed by atoms with E-state index in [4.69, 9.17) is 14.2 Å². The molecule has 8 atom stereocenters. The minimum Gasteiger partial charge on any atom is -0.463 e. The standard InChI is InChI=1S/C23H35BrO4/c1-14(25)28-16-6-8-21(2)15(12-16)4-5-17-18(21)7-9-22(3)19(17)13-20(24)23(22)26-10-11-27-23/h15-20H,4-13H2,1-3H3/t15-,16-,17+,18-,19-,20+,21-,22-/m1/s1. The first-order valence-electron chi connectivity index (χ1n) is 11.4. The molecule has 0 aromatic heterocycles. The van der Waals surface area contributed by atoms with Crippen molar-refractivity contribution in [2.24, 2.45) is 34.5 Å². The van der Waals surface area contributed by atoms with Crippen molar-refractivity contribution >= 4 is 21.9 Å². The molecule has 0 aromatic carbocycles. The van der Waals surface area contributed by atoms with Crippen LogP contribution in [0.3, 0.4) is 0 Å². The van der Waals surface area contributed by atoms with E-state index in [2.05, 4.69) is 29.8 Å². The molecule has 5 heteroatoms. The van der Waals surface area contributed by atoms with E-state index in [-0.39, 0.29) is 17.5 Å². The van der Waals surface area contributed by atoms with Crippen molar-refractivity contribution in [3.05, 3.63) is 0 Å². The Labute approximate surface area is 177 Å². The Hall–Kier alpha value is -0.130. The van der Waals surface area contributed by atoms with Crippen LogP contribution in [-0.4, -0.2) is 35.9 Å². The Kier molecular flexibility index (Phi) is 4.73. The average Bonchev–Trinajstić information content (AvgIpc) is 3.22. The van der Waals surface area contributed by atoms with Crippen molar-refractivity contribution in [2.45, 2.75) is 88.9 Å². The Bertz CT molecular complexity index is 647. The average molecular weight is 455 g/mol. The zero-order valence-electron chi connectivity index (χ0n) is 17.5. The highest BCUT2D eigenvalue weighted by atomic mass is 79.9. The zero-order chi connectivity index (χ0) is 19.7. The molecule has 4 saturated carbocycles. The summed E-state index contributed by atoms with van der Waals surface area (Å²) in [5.74, 6) is 2.42. The first kappa shape index (κ1) is 19.8. The summed E-state index contributed by atoms with van der Waals surface area (Å²) in [5.41, 5.74) is 0.521. The van der Waals surface area contributed by atoms with Crippen molar-refractivity contribution in [3.63, 3.8) is 0 Å². The molecule has 1 heterocycles. The Balaban J connectivity index is 1.39. The highest BCUT2D eigenvalue weighted by Gasteiger charge is 2.70. The van der Waals surface area contributed by atoms with Gasteiger partial charge in [-0.05, 0) is 80.5 Å². The van der Waals surface area contributed by atoms with Gasteiger partial charge in [-0.15, -0.1) is 0 Å². The predicted octanol–water partition coefficient (Wildman–Crippen LogP) is 5.08. The largest absolute Gasteiger partial charge is 0.463 e. The molecule has 1 saturated heterocycles. The summed E-state index contributed by atoms with van der Waals surface area (Å²) < 4.78 is 18.3. The molecule has 1 aliphatic heterocycles. The number of fused-ring (bicyclic) bond motifs is 6. The normalized spacial score (nSPS) is 52.0. The van der Waals surface area contributed by atoms with E-state index < -0.39 is 5.79 Å². The van der Waals surface area contributed by atoms with E-state index in [1.54, 1.807) is 6.92 Å². The molecule has 5 rings (SSSR count). The lowest BCUT2D eigenvalue weighted by atomic mass is 9.45. The molecule has 158 valence electrons. The minimum absolute atomic E-state index is 0.119. The Morgan fingerprint density at radius 1 is 1.00 bits per heavy atom. The van der Waals surface area contributed by atoms with E-state index in [1.807, 2.05) is 0 Å². The first-order valence-corrected chi connectivity index (χ1v) is 12.3. The number of halogens is 1. The quantitative estimate of drug-likeness (QED) is 0.409. The van der Waals surface area contributed by atoms with E-state index in [9.17, 15) is 4.79 Å². The number of ether oxygens (including phenoxy) is 3. The molecule has 0 unspecified atom stereocenters. The van der Waals surface area contributed by atoms with E-state index in [0.29, 0.717) is 22.1 Å². The van der Waals surface area contributed by atoms with Gasteiger partial charge in [0.25, 0.3) is 0 Å². The van der Waals surface area contributed by atoms with Gasteiger partial charge in [0, 0.05) is 12.3 Å². The summed E-state index contributed by atoms with van der Waals surface area (Å²) in [6.45, 7) is 8.02. The van der Waals surface area contributed by atoms with Crippen molar-refractivity contribution in [3.8, 4) is 0 Å². The third kappa shape index (κ3) is 2.57. The summed E-state index contributed by atoms with van der Waals surface area (Å²) >= 11 is 3.98. The summed E-state index contributed by atoms with van der Waals surface area (Å²) in [4.78, 5) is 11.8. The van der Waals surface area contributed by atoms with Crippen molar-refractivity contribution in [2.75, 3.05) is 13.2 Å². The lowest BCUT2D eigenvalue weighted by Crippen LogP contribution is -2.58. The van der Waals surface area contributed by atoms with Gasteiger partial charge >= 0.3 is 5.97 Å². The van der Waals surface area contributed by atoms with Gasteiger partial charge in [0.05, 0.1) is 18.0 Å². The van der Waals surface area contributed by atoms with Gasteiger partial charge in [-0.3, -0.25) is 4.79 Å². The monoisotopic (exact) mass is 454 g/mol. The first-order chi connectivity index (χ1) is 13.3. The van der Waals surface area contributed by atoms with Crippen molar-refractivity contribution in [1.82, 2.24) is 0 Å². The van der Waals surface area contributed by atoms with E-state index in [1.165, 1.54) is 38.5 Å². The topological polar surface area (TPSA) is 44.8 Å². The number of carbonyl (C=O) groups excluding carboxylic acids is 1. The molecule has 4 aliphatic carbocycles. The molecule has 5 aliphatic rings. The molecular formula is C23H35BrO4. The van der Waals surface area contributed by atoms with E-state index in [0.717, 1.165) is 37.9 Å². The van der Waals surface area contributed by atoms with Crippen LogP contribution in [0.2, 0.25) is 0 Å². The molecular weight excluding hydrogens is 420 g/mol. The third-order valence-corrected chi connectivity index (χ3v) is 10.7. The maximum absolute atomic E-state index is 11.4. The number of hydrogen-bond acceptors (Lipinski definition) is 4. The molecule has 0 aromatic rings. The lowest BCUT2D eigenvalue weighted by Gasteiger charge is -2.61. The maximum atomic E-state index is 11.4. The molecule has 4 nitrogen and oxygen atoms in total. The molecule has 0 amide bonds. The van der Waals surface area contributed by atoms with Gasteiger partial charge in [0.1, 0.15) is 6.10 Å². The van der Waals surface area contributed by atoms with Crippen LogP contribution in [0.15, 0.2) is 0 Å². The van der Waals surface area contributed by atoms with Gasteiger partial charge < -0.3 is 14.2 Å². The SMILES string of the molecule is CC(=O)O[C@@H]1CC[C@]2(C)[C@H](CC[C@H]3[C@H]2CC[C@]2(C)[C@@H]3C[C@H](Br)C23OCCO3)C1. The van der Waals surface area contributed by atoms with Crippen LogP contribution in [0.25, 0.3) is 0 Å². The van der Waals surface area contributed by atoms with Crippen LogP contribution < -0.4 is 0 Å². The molecule has 1 spiro atoms. The van der Waals surface area contributed by atoms with Gasteiger partial charge in [0.2, 0.25) is 0 Å². The molecule has 0 bridgehead atoms. The van der Waals surface area contributed by atoms with Crippen LogP contribution in [0, 0.1) is 34.5 Å². The second kappa shape index (κ2) is 6.68. The fourth-order valence-corrected chi connectivity index (χ4v) is 9.61. The van der Waals surface area contributed by atoms with Crippen LogP contribution in [0.1, 0.15) is 72.1 Å². The van der Waals surface area contributed by atoms with E-state index >= 15 is 0 Å². The fourth-order valence-electron chi connectivity index (χ4n) is 8.42. The summed E-state index contributed by atoms with van der Waals surface area (Å²) in [6.07, 6.45) is 9.71. The predicted molar refractivity (Wildman–Crippen MR) is 110 cm³/mol. The van der Waals surface area contributed by atoms with Crippen molar-refractivity contribution < 1.29 is 19.0 Å². The molecule has 5 fully saturated rings. The minimum atomic E-state index is -0.409. The number of rotatable bonds is 1. The van der Waals surface area contributed by atoms with Crippen LogP contribution in [-0.2, 0) is 19.0 Å². The molecule has 28 heavy (non-hydrogen) atoms. The Morgan fingerprint density at radius 2 is 1.75 bits per heavy atom. The van der Waals surface area contributed by atoms with Gasteiger partial charge in [0.15, 0.2) is 5.79 Å². The number of hydrogen-bond donors (Lipinski definition) is 0. The number of esters is 1. The summed E-state index contributed by atoms with van der Waals surface area (Å²) in [6, 6.07) is 0. The summed E-state index contributed by atoms with van der Waals surface area (Å²) in [5, 5.41) is 0. The van der Waals surface area contributed by atoms with Gasteiger partial charge in [-0.25, -0.2) is 0 Å². The maximum Gasteiger partial charge on any atom is 0.302 e. The van der Waals surface area contributed by atoms with Crippen LogP contribution in [0.4, 0.5) is 0 Å². The zero-order valence-corrected chi connectivity index (χ0v) is 19.1. The highest BCUT2D eigenvalue weighted by Crippen LogP contribution is 2.70. The summed E-state index contributed by atoms with van der Waals surface area (Å²) in [7, 11) is 0. The highest BCUT2D eigenvalue weighted by molar-refractivity contribution is 9.09. The fraction of sp³-hybridized carbons (Fsp3) is 0.957. The van der Waals surface area contributed by atoms with Crippen molar-refractivity contribution in [1.29, 1.82) is 0 Å². The number of carbonyl (C=O) groups is 1. The third-order valence-electron chi connectivity index (χ3n) is 9.73. The molecule has 0 N–H and O–H groups in total. The Morgan fingerprint density at radius 3 is 2.46 bits per heavy atom. The number of alkyl halides is 1. The second-order valence-corrected chi connectivity index (χ2v) is 11.8.